The van der Waals surface area contributed by atoms with Gasteiger partial charge in [0.15, 0.2) is 0 Å². The van der Waals surface area contributed by atoms with Crippen LogP contribution >= 0.6 is 11.6 Å². The topological polar surface area (TPSA) is 70.4 Å². The van der Waals surface area contributed by atoms with E-state index in [1.165, 1.54) is 0 Å². The number of carbonyl (C=O) groups excluding carboxylic acids is 1. The van der Waals surface area contributed by atoms with Crippen LogP contribution in [0.1, 0.15) is 30.1 Å². The maximum Gasteiger partial charge on any atom is 0.222 e. The fraction of sp³-hybridized carbons (Fsp3) is 0.412. The lowest BCUT2D eigenvalue weighted by Crippen LogP contribution is -2.49. The Morgan fingerprint density at radius 2 is 2.17 bits per heavy atom. The summed E-state index contributed by atoms with van der Waals surface area (Å²) in [5.41, 5.74) is 1.73. The number of benzene rings is 1. The average Bonchev–Trinajstić information content (AvgIpc) is 2.98. The van der Waals surface area contributed by atoms with Crippen molar-refractivity contribution in [3.05, 3.63) is 46.7 Å². The minimum atomic E-state index is -0.0972. The number of phenols is 1. The smallest absolute Gasteiger partial charge is 0.222 e. The molecule has 1 aromatic carbocycles. The number of halogens is 1. The Kier molecular flexibility index (Phi) is 4.78. The SMILES string of the molecule is CN1C(=O)CC[C@H](NCc2cccc(Cl)c2O)[C@H]1c1ccnn1C. The van der Waals surface area contributed by atoms with E-state index in [4.69, 9.17) is 11.6 Å². The molecule has 2 heterocycles. The van der Waals surface area contributed by atoms with E-state index in [0.29, 0.717) is 18.0 Å². The molecule has 0 aliphatic carbocycles. The van der Waals surface area contributed by atoms with Gasteiger partial charge >= 0.3 is 0 Å². The van der Waals surface area contributed by atoms with Gasteiger partial charge in [0.05, 0.1) is 16.8 Å². The first kappa shape index (κ1) is 16.8. The molecule has 2 N–H and O–H groups in total. The van der Waals surface area contributed by atoms with E-state index in [1.54, 1.807) is 21.8 Å². The maximum absolute atomic E-state index is 12.1. The van der Waals surface area contributed by atoms with Gasteiger partial charge in [-0.2, -0.15) is 5.10 Å². The van der Waals surface area contributed by atoms with Crippen molar-refractivity contribution in [2.45, 2.75) is 31.5 Å². The Morgan fingerprint density at radius 3 is 2.88 bits per heavy atom. The summed E-state index contributed by atoms with van der Waals surface area (Å²) in [5, 5.41) is 18.1. The molecule has 0 saturated carbocycles. The molecule has 3 rings (SSSR count). The van der Waals surface area contributed by atoms with E-state index < -0.39 is 0 Å². The van der Waals surface area contributed by atoms with Gasteiger partial charge in [-0.15, -0.1) is 0 Å². The molecule has 7 heteroatoms. The number of piperidine rings is 1. The second-order valence-corrected chi connectivity index (χ2v) is 6.51. The number of aromatic nitrogens is 2. The van der Waals surface area contributed by atoms with Crippen molar-refractivity contribution in [3.8, 4) is 5.75 Å². The second-order valence-electron chi connectivity index (χ2n) is 6.10. The highest BCUT2D eigenvalue weighted by Crippen LogP contribution is 2.32. The molecule has 0 bridgehead atoms. The summed E-state index contributed by atoms with van der Waals surface area (Å²) in [4.78, 5) is 13.9. The molecule has 1 aliphatic rings. The Bertz CT molecular complexity index is 746. The number of hydrogen-bond donors (Lipinski definition) is 2. The maximum atomic E-state index is 12.1. The number of nitrogens with one attached hydrogen (secondary N) is 1. The van der Waals surface area contributed by atoms with Gasteiger partial charge in [-0.25, -0.2) is 0 Å². The fourth-order valence-electron chi connectivity index (χ4n) is 3.27. The molecule has 1 aromatic heterocycles. The number of para-hydroxylation sites is 1. The van der Waals surface area contributed by atoms with Gasteiger partial charge in [-0.3, -0.25) is 9.48 Å². The van der Waals surface area contributed by atoms with Crippen LogP contribution in [0.15, 0.2) is 30.5 Å². The predicted molar refractivity (Wildman–Crippen MR) is 91.7 cm³/mol. The molecule has 1 aliphatic heterocycles. The van der Waals surface area contributed by atoms with E-state index >= 15 is 0 Å². The largest absolute Gasteiger partial charge is 0.506 e. The number of nitrogens with zero attached hydrogens (tertiary/aromatic N) is 3. The molecule has 1 amide bonds. The number of carbonyl (C=O) groups is 1. The summed E-state index contributed by atoms with van der Waals surface area (Å²) in [7, 11) is 3.70. The number of phenolic OH excluding ortho intramolecular Hbond substituents is 1. The van der Waals surface area contributed by atoms with E-state index in [2.05, 4.69) is 10.4 Å². The van der Waals surface area contributed by atoms with Crippen LogP contribution in [0.5, 0.6) is 5.75 Å². The molecule has 0 unspecified atom stereocenters. The summed E-state index contributed by atoms with van der Waals surface area (Å²) >= 11 is 5.97. The van der Waals surface area contributed by atoms with E-state index in [-0.39, 0.29) is 23.7 Å². The van der Waals surface area contributed by atoms with Crippen molar-refractivity contribution in [2.75, 3.05) is 7.05 Å². The van der Waals surface area contributed by atoms with Crippen LogP contribution in [-0.4, -0.2) is 38.8 Å². The Balaban J connectivity index is 1.81. The zero-order valence-corrected chi connectivity index (χ0v) is 14.5. The van der Waals surface area contributed by atoms with Crippen molar-refractivity contribution in [1.82, 2.24) is 20.0 Å². The first-order valence-corrected chi connectivity index (χ1v) is 8.30. The van der Waals surface area contributed by atoms with Crippen LogP contribution in [0.4, 0.5) is 0 Å². The highest BCUT2D eigenvalue weighted by atomic mass is 35.5. The molecule has 1 fully saturated rings. The normalized spacial score (nSPS) is 21.3. The van der Waals surface area contributed by atoms with Gasteiger partial charge in [0.2, 0.25) is 5.91 Å². The lowest BCUT2D eigenvalue weighted by Gasteiger charge is -2.39. The van der Waals surface area contributed by atoms with E-state index in [0.717, 1.165) is 17.7 Å². The molecule has 0 radical (unpaired) electrons. The first-order chi connectivity index (χ1) is 11.5. The van der Waals surface area contributed by atoms with Crippen LogP contribution in [0.2, 0.25) is 5.02 Å². The molecule has 2 atom stereocenters. The average molecular weight is 349 g/mol. The standard InChI is InChI=1S/C17H21ClN4O2/c1-21-15(23)7-6-13(16(21)14-8-9-20-22(14)2)19-10-11-4-3-5-12(18)17(11)24/h3-5,8-9,13,16,19,24H,6-7,10H2,1-2H3/t13-,16-/m0/s1. The minimum Gasteiger partial charge on any atom is -0.506 e. The van der Waals surface area contributed by atoms with Crippen LogP contribution in [-0.2, 0) is 18.4 Å². The number of aromatic hydroxyl groups is 1. The Labute approximate surface area is 146 Å². The zero-order chi connectivity index (χ0) is 17.3. The number of hydrogen-bond acceptors (Lipinski definition) is 4. The number of likely N-dealkylation sites (N-methyl/N-ethyl adjacent to an activating group) is 1. The first-order valence-electron chi connectivity index (χ1n) is 7.92. The van der Waals surface area contributed by atoms with Gasteiger partial charge in [-0.05, 0) is 18.6 Å². The lowest BCUT2D eigenvalue weighted by molar-refractivity contribution is -0.136. The number of aryl methyl sites for hydroxylation is 1. The van der Waals surface area contributed by atoms with Crippen molar-refractivity contribution in [2.24, 2.45) is 7.05 Å². The molecule has 6 nitrogen and oxygen atoms in total. The Morgan fingerprint density at radius 1 is 1.38 bits per heavy atom. The molecule has 1 saturated heterocycles. The molecule has 128 valence electrons. The number of likely N-dealkylation sites (tertiary alicyclic amines) is 1. The van der Waals surface area contributed by atoms with Crippen LogP contribution in [0.25, 0.3) is 0 Å². The third kappa shape index (κ3) is 3.12. The van der Waals surface area contributed by atoms with E-state index in [9.17, 15) is 9.90 Å². The molecular formula is C17H21ClN4O2. The van der Waals surface area contributed by atoms with Crippen LogP contribution in [0, 0.1) is 0 Å². The van der Waals surface area contributed by atoms with Gasteiger partial charge in [0.25, 0.3) is 0 Å². The van der Waals surface area contributed by atoms with Crippen molar-refractivity contribution < 1.29 is 9.90 Å². The second kappa shape index (κ2) is 6.83. The van der Waals surface area contributed by atoms with Crippen LogP contribution < -0.4 is 5.32 Å². The van der Waals surface area contributed by atoms with Crippen LogP contribution in [0.3, 0.4) is 0 Å². The minimum absolute atomic E-state index is 0.0708. The molecule has 24 heavy (non-hydrogen) atoms. The summed E-state index contributed by atoms with van der Waals surface area (Å²) < 4.78 is 1.80. The summed E-state index contributed by atoms with van der Waals surface area (Å²) in [5.74, 6) is 0.230. The zero-order valence-electron chi connectivity index (χ0n) is 13.7. The molecular weight excluding hydrogens is 328 g/mol. The lowest BCUT2D eigenvalue weighted by atomic mass is 9.93. The third-order valence-electron chi connectivity index (χ3n) is 4.65. The van der Waals surface area contributed by atoms with Crippen molar-refractivity contribution >= 4 is 17.5 Å². The van der Waals surface area contributed by atoms with Crippen molar-refractivity contribution in [1.29, 1.82) is 0 Å². The highest BCUT2D eigenvalue weighted by molar-refractivity contribution is 6.32. The van der Waals surface area contributed by atoms with Gasteiger partial charge in [-0.1, -0.05) is 23.7 Å². The van der Waals surface area contributed by atoms with Gasteiger partial charge in [0, 0.05) is 44.9 Å². The fourth-order valence-corrected chi connectivity index (χ4v) is 3.47. The third-order valence-corrected chi connectivity index (χ3v) is 4.95. The monoisotopic (exact) mass is 348 g/mol. The summed E-state index contributed by atoms with van der Waals surface area (Å²) in [6.45, 7) is 0.480. The van der Waals surface area contributed by atoms with Crippen molar-refractivity contribution in [3.63, 3.8) is 0 Å². The predicted octanol–water partition coefficient (Wildman–Crippen LogP) is 2.23. The number of rotatable bonds is 4. The van der Waals surface area contributed by atoms with Gasteiger partial charge in [0.1, 0.15) is 5.75 Å². The summed E-state index contributed by atoms with van der Waals surface area (Å²) in [6.07, 6.45) is 2.98. The van der Waals surface area contributed by atoms with E-state index in [1.807, 2.05) is 32.3 Å². The van der Waals surface area contributed by atoms with Gasteiger partial charge < -0.3 is 15.3 Å². The highest BCUT2D eigenvalue weighted by Gasteiger charge is 2.36. The number of amides is 1. The summed E-state index contributed by atoms with van der Waals surface area (Å²) in [6, 6.07) is 7.22. The quantitative estimate of drug-likeness (QED) is 0.889. The molecule has 0 spiro atoms. The Hall–Kier alpha value is -2.05. The molecule has 2 aromatic rings.